The van der Waals surface area contributed by atoms with Crippen LogP contribution in [0.5, 0.6) is 0 Å². The van der Waals surface area contributed by atoms with Crippen molar-refractivity contribution in [1.82, 2.24) is 5.16 Å². The van der Waals surface area contributed by atoms with Crippen LogP contribution in [0.3, 0.4) is 0 Å². The van der Waals surface area contributed by atoms with E-state index in [1.807, 2.05) is 0 Å². The molecule has 0 bridgehead atoms. The van der Waals surface area contributed by atoms with E-state index in [0.29, 0.717) is 17.1 Å². The highest BCUT2D eigenvalue weighted by atomic mass is 16.5. The molecule has 2 aromatic heterocycles. The molecule has 0 atom stereocenters. The van der Waals surface area contributed by atoms with E-state index in [4.69, 9.17) is 14.0 Å². The van der Waals surface area contributed by atoms with E-state index in [-0.39, 0.29) is 5.69 Å². The second-order valence-electron chi connectivity index (χ2n) is 2.74. The second kappa shape index (κ2) is 3.02. The number of hydrogen-bond acceptors (Lipinski definition) is 4. The number of hydrogen-bond donors (Lipinski definition) is 1. The molecule has 0 aliphatic carbocycles. The highest BCUT2D eigenvalue weighted by Gasteiger charge is 2.21. The molecule has 2 heterocycles. The third-order valence-corrected chi connectivity index (χ3v) is 1.83. The Morgan fingerprint density at radius 3 is 2.93 bits per heavy atom. The van der Waals surface area contributed by atoms with Gasteiger partial charge >= 0.3 is 5.97 Å². The van der Waals surface area contributed by atoms with Gasteiger partial charge in [-0.2, -0.15) is 0 Å². The van der Waals surface area contributed by atoms with Crippen molar-refractivity contribution < 1.29 is 18.8 Å². The number of rotatable bonds is 2. The number of aryl methyl sites for hydroxylation is 1. The minimum atomic E-state index is -1.13. The van der Waals surface area contributed by atoms with Crippen LogP contribution in [0.25, 0.3) is 11.3 Å². The fraction of sp³-hybridized carbons (Fsp3) is 0.111. The summed E-state index contributed by atoms with van der Waals surface area (Å²) in [6.45, 7) is 1.64. The van der Waals surface area contributed by atoms with Crippen LogP contribution >= 0.6 is 0 Å². The second-order valence-corrected chi connectivity index (χ2v) is 2.74. The van der Waals surface area contributed by atoms with Gasteiger partial charge in [-0.1, -0.05) is 5.16 Å². The lowest BCUT2D eigenvalue weighted by molar-refractivity contribution is 0.0686. The van der Waals surface area contributed by atoms with E-state index in [2.05, 4.69) is 5.16 Å². The van der Waals surface area contributed by atoms with E-state index in [1.54, 1.807) is 19.1 Å². The molecule has 0 saturated heterocycles. The van der Waals surface area contributed by atoms with Gasteiger partial charge in [0.15, 0.2) is 0 Å². The number of carbonyl (C=O) groups is 1. The summed E-state index contributed by atoms with van der Waals surface area (Å²) >= 11 is 0. The molecule has 1 N–H and O–H groups in total. The first kappa shape index (κ1) is 8.55. The first-order valence-corrected chi connectivity index (χ1v) is 3.93. The molecule has 0 fully saturated rings. The summed E-state index contributed by atoms with van der Waals surface area (Å²) in [6.07, 6.45) is 1.47. The lowest BCUT2D eigenvalue weighted by Gasteiger charge is -1.93. The largest absolute Gasteiger partial charge is 0.476 e. The van der Waals surface area contributed by atoms with Crippen molar-refractivity contribution >= 4 is 5.97 Å². The van der Waals surface area contributed by atoms with Gasteiger partial charge in [-0.05, 0) is 19.1 Å². The van der Waals surface area contributed by atoms with Crippen LogP contribution in [0.15, 0.2) is 27.3 Å². The van der Waals surface area contributed by atoms with Crippen LogP contribution in [0.1, 0.15) is 16.2 Å². The van der Waals surface area contributed by atoms with Gasteiger partial charge in [-0.15, -0.1) is 0 Å². The lowest BCUT2D eigenvalue weighted by atomic mass is 10.1. The van der Waals surface area contributed by atoms with Gasteiger partial charge in [0.1, 0.15) is 11.5 Å². The maximum Gasteiger partial charge on any atom is 0.358 e. The Labute approximate surface area is 78.9 Å². The molecule has 0 saturated carbocycles. The zero-order chi connectivity index (χ0) is 10.1. The van der Waals surface area contributed by atoms with E-state index >= 15 is 0 Å². The Balaban J connectivity index is 2.62. The normalized spacial score (nSPS) is 10.4. The zero-order valence-corrected chi connectivity index (χ0v) is 7.35. The van der Waals surface area contributed by atoms with Gasteiger partial charge in [-0.25, -0.2) is 4.79 Å². The maximum atomic E-state index is 10.8. The summed E-state index contributed by atoms with van der Waals surface area (Å²) in [4.78, 5) is 10.8. The maximum absolute atomic E-state index is 10.8. The number of furan rings is 1. The van der Waals surface area contributed by atoms with Gasteiger partial charge in [0.05, 0.1) is 11.8 Å². The molecular weight excluding hydrogens is 186 g/mol. The molecule has 14 heavy (non-hydrogen) atoms. The number of carboxylic acids is 1. The minimum absolute atomic E-state index is 0.127. The first-order chi connectivity index (χ1) is 6.70. The minimum Gasteiger partial charge on any atom is -0.476 e. The summed E-state index contributed by atoms with van der Waals surface area (Å²) in [7, 11) is 0. The van der Waals surface area contributed by atoms with Crippen LogP contribution in [0, 0.1) is 6.92 Å². The SMILES string of the molecule is Cc1onc(C(=O)O)c1-c1ccco1. The summed E-state index contributed by atoms with van der Waals surface area (Å²) in [6, 6.07) is 3.33. The van der Waals surface area contributed by atoms with E-state index in [9.17, 15) is 4.79 Å². The zero-order valence-electron chi connectivity index (χ0n) is 7.35. The van der Waals surface area contributed by atoms with Gasteiger partial charge in [0.2, 0.25) is 5.69 Å². The van der Waals surface area contributed by atoms with E-state index in [0.717, 1.165) is 0 Å². The quantitative estimate of drug-likeness (QED) is 0.788. The molecule has 5 nitrogen and oxygen atoms in total. The Hall–Kier alpha value is -2.04. The number of carboxylic acid groups (broad SMARTS) is 1. The van der Waals surface area contributed by atoms with Crippen molar-refractivity contribution in [3.63, 3.8) is 0 Å². The monoisotopic (exact) mass is 193 g/mol. The average molecular weight is 193 g/mol. The average Bonchev–Trinajstić information content (AvgIpc) is 2.71. The molecule has 0 spiro atoms. The van der Waals surface area contributed by atoms with Crippen LogP contribution in [-0.2, 0) is 0 Å². The predicted molar refractivity (Wildman–Crippen MR) is 45.9 cm³/mol. The highest BCUT2D eigenvalue weighted by molar-refractivity contribution is 5.93. The van der Waals surface area contributed by atoms with Gasteiger partial charge < -0.3 is 14.0 Å². The van der Waals surface area contributed by atoms with Crippen LogP contribution in [-0.4, -0.2) is 16.2 Å². The highest BCUT2D eigenvalue weighted by Crippen LogP contribution is 2.27. The molecule has 0 amide bonds. The van der Waals surface area contributed by atoms with E-state index in [1.165, 1.54) is 6.26 Å². The summed E-state index contributed by atoms with van der Waals surface area (Å²) in [5.41, 5.74) is 0.264. The molecule has 0 aromatic carbocycles. The fourth-order valence-corrected chi connectivity index (χ4v) is 1.23. The van der Waals surface area contributed by atoms with Gasteiger partial charge in [-0.3, -0.25) is 0 Å². The third-order valence-electron chi connectivity index (χ3n) is 1.83. The number of aromatic carboxylic acids is 1. The molecule has 0 radical (unpaired) electrons. The Morgan fingerprint density at radius 1 is 1.57 bits per heavy atom. The van der Waals surface area contributed by atoms with Crippen molar-refractivity contribution in [2.24, 2.45) is 0 Å². The summed E-state index contributed by atoms with van der Waals surface area (Å²) < 4.78 is 9.88. The number of aromatic nitrogens is 1. The number of nitrogens with zero attached hydrogens (tertiary/aromatic N) is 1. The van der Waals surface area contributed by atoms with Crippen molar-refractivity contribution in [2.75, 3.05) is 0 Å². The van der Waals surface area contributed by atoms with Crippen LogP contribution in [0.4, 0.5) is 0 Å². The predicted octanol–water partition coefficient (Wildman–Crippen LogP) is 1.94. The molecule has 0 aliphatic heterocycles. The van der Waals surface area contributed by atoms with Gasteiger partial charge in [0, 0.05) is 0 Å². The molecule has 72 valence electrons. The Bertz CT molecular complexity index is 455. The topological polar surface area (TPSA) is 76.5 Å². The molecule has 2 aromatic rings. The molecule has 2 rings (SSSR count). The Morgan fingerprint density at radius 2 is 2.36 bits per heavy atom. The summed E-state index contributed by atoms with van der Waals surface area (Å²) in [5.74, 6) is -0.258. The Kier molecular flexibility index (Phi) is 1.85. The van der Waals surface area contributed by atoms with Crippen LogP contribution in [0.2, 0.25) is 0 Å². The van der Waals surface area contributed by atoms with Crippen molar-refractivity contribution in [3.05, 3.63) is 29.9 Å². The molecule has 0 unspecified atom stereocenters. The third kappa shape index (κ3) is 1.19. The molecular formula is C9H7NO4. The van der Waals surface area contributed by atoms with Crippen molar-refractivity contribution in [2.45, 2.75) is 6.92 Å². The van der Waals surface area contributed by atoms with Crippen LogP contribution < -0.4 is 0 Å². The van der Waals surface area contributed by atoms with Crippen molar-refractivity contribution in [3.8, 4) is 11.3 Å². The standard InChI is InChI=1S/C9H7NO4/c1-5-7(6-3-2-4-13-6)8(9(11)12)10-14-5/h2-4H,1H3,(H,11,12). The first-order valence-electron chi connectivity index (χ1n) is 3.93. The smallest absolute Gasteiger partial charge is 0.358 e. The van der Waals surface area contributed by atoms with E-state index < -0.39 is 5.97 Å². The molecule has 5 heteroatoms. The summed E-state index contributed by atoms with van der Waals surface area (Å²) in [5, 5.41) is 12.3. The lowest BCUT2D eigenvalue weighted by Crippen LogP contribution is -1.98. The fourth-order valence-electron chi connectivity index (χ4n) is 1.23. The van der Waals surface area contributed by atoms with Gasteiger partial charge in [0.25, 0.3) is 0 Å². The molecule has 0 aliphatic rings. The van der Waals surface area contributed by atoms with Crippen molar-refractivity contribution in [1.29, 1.82) is 0 Å².